The van der Waals surface area contributed by atoms with E-state index in [1.54, 1.807) is 31.2 Å². The lowest BCUT2D eigenvalue weighted by molar-refractivity contribution is -0.158. The standard InChI is InChI=1S/C20H17ClO5/c1-11-7-8-14(9-18(11)25-13(3)24-12(2)22)19-10-17(23)15-5-4-6-16(21)20(15)26-19/h4-10,13H,1-3H3. The molecule has 0 N–H and O–H groups in total. The van der Waals surface area contributed by atoms with Crippen molar-refractivity contribution in [2.24, 2.45) is 0 Å². The summed E-state index contributed by atoms with van der Waals surface area (Å²) in [6.45, 7) is 4.81. The molecule has 0 aliphatic carbocycles. The molecule has 0 saturated carbocycles. The monoisotopic (exact) mass is 372 g/mol. The van der Waals surface area contributed by atoms with Crippen molar-refractivity contribution in [3.8, 4) is 17.1 Å². The van der Waals surface area contributed by atoms with Crippen LogP contribution in [0.2, 0.25) is 5.02 Å². The Labute approximate surface area is 155 Å². The van der Waals surface area contributed by atoms with Gasteiger partial charge in [-0.15, -0.1) is 0 Å². The third kappa shape index (κ3) is 3.73. The zero-order chi connectivity index (χ0) is 18.8. The molecule has 2 aromatic carbocycles. The summed E-state index contributed by atoms with van der Waals surface area (Å²) in [5.41, 5.74) is 1.67. The summed E-state index contributed by atoms with van der Waals surface area (Å²) < 4.78 is 16.5. The summed E-state index contributed by atoms with van der Waals surface area (Å²) in [5, 5.41) is 0.793. The number of hydrogen-bond donors (Lipinski definition) is 0. The van der Waals surface area contributed by atoms with E-state index in [0.29, 0.717) is 33.1 Å². The van der Waals surface area contributed by atoms with E-state index in [1.807, 2.05) is 19.1 Å². The lowest BCUT2D eigenvalue weighted by atomic mass is 10.1. The maximum Gasteiger partial charge on any atom is 0.305 e. The Morgan fingerprint density at radius 2 is 1.96 bits per heavy atom. The average molecular weight is 373 g/mol. The minimum atomic E-state index is -0.737. The predicted octanol–water partition coefficient (Wildman–Crippen LogP) is 4.71. The van der Waals surface area contributed by atoms with Crippen molar-refractivity contribution in [2.45, 2.75) is 27.1 Å². The van der Waals surface area contributed by atoms with Gasteiger partial charge in [-0.05, 0) is 30.7 Å². The van der Waals surface area contributed by atoms with Crippen LogP contribution in [0.4, 0.5) is 0 Å². The zero-order valence-corrected chi connectivity index (χ0v) is 15.3. The van der Waals surface area contributed by atoms with Gasteiger partial charge in [0.1, 0.15) is 11.5 Å². The number of esters is 1. The van der Waals surface area contributed by atoms with Crippen molar-refractivity contribution < 1.29 is 18.7 Å². The van der Waals surface area contributed by atoms with Gasteiger partial charge < -0.3 is 13.9 Å². The maximum atomic E-state index is 12.4. The van der Waals surface area contributed by atoms with Crippen molar-refractivity contribution in [3.05, 3.63) is 63.3 Å². The maximum absolute atomic E-state index is 12.4. The van der Waals surface area contributed by atoms with E-state index >= 15 is 0 Å². The molecular formula is C20H17ClO5. The number of carbonyl (C=O) groups excluding carboxylic acids is 1. The third-order valence-electron chi connectivity index (χ3n) is 3.80. The van der Waals surface area contributed by atoms with E-state index in [0.717, 1.165) is 5.56 Å². The zero-order valence-electron chi connectivity index (χ0n) is 14.5. The van der Waals surface area contributed by atoms with Gasteiger partial charge in [-0.25, -0.2) is 0 Å². The molecule has 5 nitrogen and oxygen atoms in total. The summed E-state index contributed by atoms with van der Waals surface area (Å²) in [7, 11) is 0. The van der Waals surface area contributed by atoms with Gasteiger partial charge >= 0.3 is 5.97 Å². The van der Waals surface area contributed by atoms with Gasteiger partial charge in [-0.1, -0.05) is 29.8 Å². The number of carbonyl (C=O) groups is 1. The highest BCUT2D eigenvalue weighted by atomic mass is 35.5. The fourth-order valence-electron chi connectivity index (χ4n) is 2.60. The van der Waals surface area contributed by atoms with Crippen LogP contribution in [0, 0.1) is 6.92 Å². The first-order chi connectivity index (χ1) is 12.3. The summed E-state index contributed by atoms with van der Waals surface area (Å²) in [6.07, 6.45) is -0.737. The number of hydrogen-bond acceptors (Lipinski definition) is 5. The van der Waals surface area contributed by atoms with Crippen molar-refractivity contribution in [1.82, 2.24) is 0 Å². The van der Waals surface area contributed by atoms with Crippen LogP contribution in [-0.4, -0.2) is 12.3 Å². The van der Waals surface area contributed by atoms with Crippen LogP contribution < -0.4 is 10.2 Å². The smallest absolute Gasteiger partial charge is 0.305 e. The van der Waals surface area contributed by atoms with E-state index in [-0.39, 0.29) is 5.43 Å². The van der Waals surface area contributed by atoms with Crippen LogP contribution in [0.1, 0.15) is 19.4 Å². The second-order valence-electron chi connectivity index (χ2n) is 5.87. The highest BCUT2D eigenvalue weighted by Gasteiger charge is 2.13. The minimum absolute atomic E-state index is 0.180. The fourth-order valence-corrected chi connectivity index (χ4v) is 2.82. The first-order valence-electron chi connectivity index (χ1n) is 8.02. The Bertz CT molecular complexity index is 1040. The van der Waals surface area contributed by atoms with Crippen LogP contribution >= 0.6 is 11.6 Å². The van der Waals surface area contributed by atoms with Gasteiger partial charge in [-0.3, -0.25) is 9.59 Å². The van der Waals surface area contributed by atoms with Gasteiger partial charge in [-0.2, -0.15) is 0 Å². The number of aryl methyl sites for hydroxylation is 1. The molecule has 0 bridgehead atoms. The molecule has 1 heterocycles. The molecule has 134 valence electrons. The summed E-state index contributed by atoms with van der Waals surface area (Å²) in [6, 6.07) is 11.8. The molecule has 0 fully saturated rings. The van der Waals surface area contributed by atoms with Crippen molar-refractivity contribution >= 4 is 28.5 Å². The highest BCUT2D eigenvalue weighted by Crippen LogP contribution is 2.30. The number of halogens is 1. The molecule has 3 rings (SSSR count). The van der Waals surface area contributed by atoms with Gasteiger partial charge in [0.05, 0.1) is 10.4 Å². The van der Waals surface area contributed by atoms with Crippen LogP contribution in [-0.2, 0) is 9.53 Å². The van der Waals surface area contributed by atoms with E-state index in [1.165, 1.54) is 13.0 Å². The summed E-state index contributed by atoms with van der Waals surface area (Å²) in [5.74, 6) is 0.472. The molecule has 0 spiro atoms. The molecule has 1 atom stereocenters. The summed E-state index contributed by atoms with van der Waals surface area (Å²) >= 11 is 6.16. The normalized spacial score (nSPS) is 12.0. The highest BCUT2D eigenvalue weighted by molar-refractivity contribution is 6.34. The molecule has 3 aromatic rings. The van der Waals surface area contributed by atoms with Crippen LogP contribution in [0.3, 0.4) is 0 Å². The minimum Gasteiger partial charge on any atom is -0.455 e. The Kier molecular flexibility index (Phi) is 5.00. The quantitative estimate of drug-likeness (QED) is 0.490. The van der Waals surface area contributed by atoms with E-state index in [9.17, 15) is 9.59 Å². The number of fused-ring (bicyclic) bond motifs is 1. The van der Waals surface area contributed by atoms with E-state index in [2.05, 4.69) is 0 Å². The SMILES string of the molecule is CC(=O)OC(C)Oc1cc(-c2cc(=O)c3cccc(Cl)c3o2)ccc1C. The lowest BCUT2D eigenvalue weighted by Crippen LogP contribution is -2.19. The largest absolute Gasteiger partial charge is 0.455 e. The Hall–Kier alpha value is -2.79. The second-order valence-corrected chi connectivity index (χ2v) is 6.27. The molecule has 0 aliphatic heterocycles. The molecule has 1 unspecified atom stereocenters. The number of para-hydroxylation sites is 1. The number of benzene rings is 2. The van der Waals surface area contributed by atoms with Gasteiger partial charge in [0.15, 0.2) is 11.0 Å². The predicted molar refractivity (Wildman–Crippen MR) is 99.5 cm³/mol. The molecule has 0 aliphatic rings. The summed E-state index contributed by atoms with van der Waals surface area (Å²) in [4.78, 5) is 23.4. The first kappa shape index (κ1) is 18.0. The van der Waals surface area contributed by atoms with Gasteiger partial charge in [0.2, 0.25) is 6.29 Å². The van der Waals surface area contributed by atoms with Crippen LogP contribution in [0.25, 0.3) is 22.3 Å². The van der Waals surface area contributed by atoms with E-state index < -0.39 is 12.3 Å². The molecule has 0 saturated heterocycles. The van der Waals surface area contributed by atoms with Crippen LogP contribution in [0.15, 0.2) is 51.7 Å². The van der Waals surface area contributed by atoms with E-state index in [4.69, 9.17) is 25.5 Å². The molecule has 0 radical (unpaired) electrons. The van der Waals surface area contributed by atoms with Gasteiger partial charge in [0, 0.05) is 25.5 Å². The van der Waals surface area contributed by atoms with Crippen LogP contribution in [0.5, 0.6) is 5.75 Å². The fraction of sp³-hybridized carbons (Fsp3) is 0.200. The van der Waals surface area contributed by atoms with Crippen molar-refractivity contribution in [2.75, 3.05) is 0 Å². The molecular weight excluding hydrogens is 356 g/mol. The third-order valence-corrected chi connectivity index (χ3v) is 4.10. The molecule has 1 aromatic heterocycles. The Balaban J connectivity index is 2.03. The van der Waals surface area contributed by atoms with Crippen molar-refractivity contribution in [1.29, 1.82) is 0 Å². The average Bonchev–Trinajstić information content (AvgIpc) is 2.57. The van der Waals surface area contributed by atoms with Crippen molar-refractivity contribution in [3.63, 3.8) is 0 Å². The Morgan fingerprint density at radius 1 is 1.19 bits per heavy atom. The number of ether oxygens (including phenoxy) is 2. The van der Waals surface area contributed by atoms with Gasteiger partial charge in [0.25, 0.3) is 0 Å². The first-order valence-corrected chi connectivity index (χ1v) is 8.40. The molecule has 6 heteroatoms. The second kappa shape index (κ2) is 7.22. The number of rotatable bonds is 4. The topological polar surface area (TPSA) is 65.7 Å². The Morgan fingerprint density at radius 3 is 2.69 bits per heavy atom. The molecule has 26 heavy (non-hydrogen) atoms. The lowest BCUT2D eigenvalue weighted by Gasteiger charge is -2.16. The molecule has 0 amide bonds.